The van der Waals surface area contributed by atoms with Crippen LogP contribution in [0.1, 0.15) is 64.6 Å². The van der Waals surface area contributed by atoms with Crippen LogP contribution in [0.15, 0.2) is 53.1 Å². The van der Waals surface area contributed by atoms with Crippen molar-refractivity contribution in [3.8, 4) is 16.9 Å². The van der Waals surface area contributed by atoms with Crippen molar-refractivity contribution in [3.05, 3.63) is 60.2 Å². The number of hydrogen-bond donors (Lipinski definition) is 1. The van der Waals surface area contributed by atoms with Crippen LogP contribution in [-0.4, -0.2) is 46.1 Å². The molecule has 0 bridgehead atoms. The van der Waals surface area contributed by atoms with Crippen LogP contribution in [0.3, 0.4) is 0 Å². The van der Waals surface area contributed by atoms with Crippen molar-refractivity contribution >= 4 is 11.6 Å². The molecule has 1 aliphatic rings. The van der Waals surface area contributed by atoms with E-state index in [1.807, 2.05) is 20.8 Å². The molecule has 12 heteroatoms. The molecule has 1 N–H and O–H groups in total. The average molecular weight is 596 g/mol. The van der Waals surface area contributed by atoms with E-state index in [2.05, 4.69) is 14.9 Å². The Bertz CT molecular complexity index is 1350. The minimum Gasteiger partial charge on any atom is -0.435 e. The molecule has 0 unspecified atom stereocenters. The SMILES string of the molecule is CC(C)(C)c1nc(CCCCCN(C(=O)C2CC(O)(C(F)(F)F)C2)c2cccc(-c3ccc(OC(F)F)cc3)c2)no1. The number of aromatic nitrogens is 2. The standard InChI is InChI=1S/C30H34F5N3O4/c1-28(2,3)26-36-24(37-42-26)10-5-4-6-15-38(25(39)21-17-29(40,18-21)30(33,34)35)22-9-7-8-20(16-22)19-11-13-23(14-12-19)41-27(31)32/h7-9,11-14,16,21,27,40H,4-6,10,15,17-18H2,1-3H3. The lowest BCUT2D eigenvalue weighted by Crippen LogP contribution is -2.59. The van der Waals surface area contributed by atoms with E-state index in [0.29, 0.717) is 47.8 Å². The first-order valence-electron chi connectivity index (χ1n) is 13.8. The molecule has 1 saturated carbocycles. The second kappa shape index (κ2) is 12.4. The quantitative estimate of drug-likeness (QED) is 0.188. The van der Waals surface area contributed by atoms with Crippen LogP contribution >= 0.6 is 0 Å². The van der Waals surface area contributed by atoms with E-state index in [9.17, 15) is 31.9 Å². The fourth-order valence-corrected chi connectivity index (χ4v) is 4.82. The Kier molecular flexibility index (Phi) is 9.24. The van der Waals surface area contributed by atoms with Gasteiger partial charge in [-0.1, -0.05) is 56.6 Å². The van der Waals surface area contributed by atoms with Crippen LogP contribution in [0.4, 0.5) is 27.6 Å². The van der Waals surface area contributed by atoms with E-state index in [-0.39, 0.29) is 17.7 Å². The van der Waals surface area contributed by atoms with E-state index in [1.54, 1.807) is 36.4 Å². The molecule has 0 radical (unpaired) electrons. The summed E-state index contributed by atoms with van der Waals surface area (Å²) in [6, 6.07) is 12.9. The number of alkyl halides is 5. The number of ether oxygens (including phenoxy) is 1. The van der Waals surface area contributed by atoms with Crippen molar-refractivity contribution < 1.29 is 41.1 Å². The molecule has 0 atom stereocenters. The number of anilines is 1. The Morgan fingerprint density at radius 1 is 1.07 bits per heavy atom. The third kappa shape index (κ3) is 7.45. The van der Waals surface area contributed by atoms with Crippen molar-refractivity contribution in [3.63, 3.8) is 0 Å². The number of carbonyl (C=O) groups is 1. The number of unbranched alkanes of at least 4 members (excludes halogenated alkanes) is 2. The topological polar surface area (TPSA) is 88.7 Å². The summed E-state index contributed by atoms with van der Waals surface area (Å²) >= 11 is 0. The molecule has 228 valence electrons. The zero-order chi connectivity index (χ0) is 30.7. The second-order valence-corrected chi connectivity index (χ2v) is 11.7. The molecule has 2 aromatic carbocycles. The number of aliphatic hydroxyl groups is 1. The molecule has 1 heterocycles. The predicted molar refractivity (Wildman–Crippen MR) is 145 cm³/mol. The normalized spacial score (nSPS) is 19.0. The lowest BCUT2D eigenvalue weighted by molar-refractivity contribution is -0.295. The summed E-state index contributed by atoms with van der Waals surface area (Å²) in [5, 5.41) is 13.9. The molecular weight excluding hydrogens is 561 g/mol. The average Bonchev–Trinajstić information content (AvgIpc) is 3.38. The summed E-state index contributed by atoms with van der Waals surface area (Å²) in [6.45, 7) is 3.22. The maximum atomic E-state index is 13.4. The molecule has 0 spiro atoms. The predicted octanol–water partition coefficient (Wildman–Crippen LogP) is 7.08. The Balaban J connectivity index is 1.45. The lowest BCUT2D eigenvalue weighted by atomic mass is 9.69. The minimum absolute atomic E-state index is 0.000654. The highest BCUT2D eigenvalue weighted by Crippen LogP contribution is 2.49. The van der Waals surface area contributed by atoms with Crippen LogP contribution in [-0.2, 0) is 16.6 Å². The Labute approximate surface area is 240 Å². The maximum absolute atomic E-state index is 13.4. The summed E-state index contributed by atoms with van der Waals surface area (Å²) < 4.78 is 74.4. The van der Waals surface area contributed by atoms with Crippen molar-refractivity contribution in [2.24, 2.45) is 5.92 Å². The van der Waals surface area contributed by atoms with Crippen LogP contribution in [0.25, 0.3) is 11.1 Å². The number of hydrogen-bond acceptors (Lipinski definition) is 6. The van der Waals surface area contributed by atoms with Gasteiger partial charge in [0.2, 0.25) is 11.8 Å². The molecule has 4 rings (SSSR count). The lowest BCUT2D eigenvalue weighted by Gasteiger charge is -2.45. The van der Waals surface area contributed by atoms with Gasteiger partial charge in [0.15, 0.2) is 11.4 Å². The van der Waals surface area contributed by atoms with Crippen molar-refractivity contribution in [2.45, 2.75) is 83.1 Å². The number of rotatable bonds is 11. The third-order valence-corrected chi connectivity index (χ3v) is 7.27. The highest BCUT2D eigenvalue weighted by atomic mass is 19.4. The van der Waals surface area contributed by atoms with Gasteiger partial charge in [0.05, 0.1) is 0 Å². The van der Waals surface area contributed by atoms with Gasteiger partial charge in [-0.15, -0.1) is 0 Å². The monoisotopic (exact) mass is 595 g/mol. The Morgan fingerprint density at radius 3 is 2.36 bits per heavy atom. The molecule has 42 heavy (non-hydrogen) atoms. The van der Waals surface area contributed by atoms with E-state index < -0.39 is 43.1 Å². The zero-order valence-corrected chi connectivity index (χ0v) is 23.6. The number of halogens is 5. The van der Waals surface area contributed by atoms with Gasteiger partial charge in [-0.3, -0.25) is 4.79 Å². The van der Waals surface area contributed by atoms with Crippen LogP contribution < -0.4 is 9.64 Å². The fraction of sp³-hybridized carbons (Fsp3) is 0.500. The smallest absolute Gasteiger partial charge is 0.417 e. The van der Waals surface area contributed by atoms with E-state index in [1.165, 1.54) is 17.0 Å². The summed E-state index contributed by atoms with van der Waals surface area (Å²) in [5.74, 6) is -0.327. The fourth-order valence-electron chi connectivity index (χ4n) is 4.82. The highest BCUT2D eigenvalue weighted by Gasteiger charge is 2.63. The molecule has 3 aromatic rings. The first-order chi connectivity index (χ1) is 19.7. The maximum Gasteiger partial charge on any atom is 0.417 e. The van der Waals surface area contributed by atoms with Crippen molar-refractivity contribution in [1.82, 2.24) is 10.1 Å². The zero-order valence-electron chi connectivity index (χ0n) is 23.6. The van der Waals surface area contributed by atoms with Gasteiger partial charge in [0, 0.05) is 30.0 Å². The van der Waals surface area contributed by atoms with Gasteiger partial charge in [0.25, 0.3) is 0 Å². The van der Waals surface area contributed by atoms with E-state index in [0.717, 1.165) is 6.42 Å². The van der Waals surface area contributed by atoms with Crippen molar-refractivity contribution in [1.29, 1.82) is 0 Å². The molecular formula is C30H34F5N3O4. The third-order valence-electron chi connectivity index (χ3n) is 7.27. The summed E-state index contributed by atoms with van der Waals surface area (Å²) in [5.41, 5.74) is -1.28. The number of nitrogens with zero attached hydrogens (tertiary/aromatic N) is 3. The first-order valence-corrected chi connectivity index (χ1v) is 13.8. The molecule has 1 fully saturated rings. The number of amides is 1. The number of carbonyl (C=O) groups excluding carboxylic acids is 1. The van der Waals surface area contributed by atoms with Crippen LogP contribution in [0.2, 0.25) is 0 Å². The second-order valence-electron chi connectivity index (χ2n) is 11.7. The van der Waals surface area contributed by atoms with Gasteiger partial charge >= 0.3 is 12.8 Å². The summed E-state index contributed by atoms with van der Waals surface area (Å²) in [6.07, 6.45) is -3.63. The largest absolute Gasteiger partial charge is 0.435 e. The molecule has 1 aliphatic carbocycles. The Morgan fingerprint density at radius 2 is 1.76 bits per heavy atom. The van der Waals surface area contributed by atoms with Gasteiger partial charge in [0.1, 0.15) is 5.75 Å². The van der Waals surface area contributed by atoms with Gasteiger partial charge in [-0.25, -0.2) is 0 Å². The molecule has 1 aromatic heterocycles. The van der Waals surface area contributed by atoms with Gasteiger partial charge < -0.3 is 19.3 Å². The molecule has 0 saturated heterocycles. The number of aryl methyl sites for hydroxylation is 1. The molecule has 0 aliphatic heterocycles. The van der Waals surface area contributed by atoms with Gasteiger partial charge in [-0.05, 0) is 61.1 Å². The highest BCUT2D eigenvalue weighted by molar-refractivity contribution is 5.96. The van der Waals surface area contributed by atoms with Crippen LogP contribution in [0.5, 0.6) is 5.75 Å². The van der Waals surface area contributed by atoms with E-state index in [4.69, 9.17) is 4.52 Å². The van der Waals surface area contributed by atoms with Crippen LogP contribution in [0, 0.1) is 5.92 Å². The summed E-state index contributed by atoms with van der Waals surface area (Å²) in [7, 11) is 0. The van der Waals surface area contributed by atoms with Crippen molar-refractivity contribution in [2.75, 3.05) is 11.4 Å². The Hall–Kier alpha value is -3.54. The van der Waals surface area contributed by atoms with Gasteiger partial charge in [-0.2, -0.15) is 26.9 Å². The van der Waals surface area contributed by atoms with E-state index >= 15 is 0 Å². The minimum atomic E-state index is -4.81. The molecule has 1 amide bonds. The summed E-state index contributed by atoms with van der Waals surface area (Å²) in [4.78, 5) is 19.3. The number of benzene rings is 2. The first kappa shape index (κ1) is 31.4. The molecule has 7 nitrogen and oxygen atoms in total.